The average molecular weight is 282 g/mol. The Kier molecular flexibility index (Phi) is 4.93. The van der Waals surface area contributed by atoms with Gasteiger partial charge in [0.2, 0.25) is 0 Å². The van der Waals surface area contributed by atoms with Gasteiger partial charge in [-0.3, -0.25) is 0 Å². The molecular weight excluding hydrogens is 264 g/mol. The van der Waals surface area contributed by atoms with Crippen molar-refractivity contribution >= 4 is 17.6 Å². The van der Waals surface area contributed by atoms with Crippen LogP contribution in [0.5, 0.6) is 5.75 Å². The number of benzene rings is 1. The number of ether oxygens (including phenoxy) is 2. The second-order valence-corrected chi connectivity index (χ2v) is 5.46. The highest BCUT2D eigenvalue weighted by Gasteiger charge is 2.21. The molecule has 1 aliphatic heterocycles. The third-order valence-corrected chi connectivity index (χ3v) is 3.77. The van der Waals surface area contributed by atoms with Crippen LogP contribution in [0.4, 0.5) is 0 Å². The van der Waals surface area contributed by atoms with Gasteiger partial charge in [-0.2, -0.15) is 0 Å². The molecule has 1 fully saturated rings. The maximum Gasteiger partial charge on any atom is 0.174 e. The van der Waals surface area contributed by atoms with Crippen molar-refractivity contribution in [2.45, 2.75) is 24.3 Å². The van der Waals surface area contributed by atoms with Crippen LogP contribution in [-0.4, -0.2) is 36.1 Å². The van der Waals surface area contributed by atoms with Crippen molar-refractivity contribution in [3.63, 3.8) is 0 Å². The Labute approximate surface area is 116 Å². The lowest BCUT2D eigenvalue weighted by Gasteiger charge is -2.17. The van der Waals surface area contributed by atoms with Crippen molar-refractivity contribution in [2.24, 2.45) is 10.9 Å². The Morgan fingerprint density at radius 1 is 1.63 bits per heavy atom. The van der Waals surface area contributed by atoms with Crippen LogP contribution in [-0.2, 0) is 4.74 Å². The highest BCUT2D eigenvalue weighted by atomic mass is 32.2. The molecule has 2 rings (SSSR count). The van der Waals surface area contributed by atoms with Crippen molar-refractivity contribution in [3.05, 3.63) is 23.8 Å². The molecule has 0 aromatic heterocycles. The highest BCUT2D eigenvalue weighted by molar-refractivity contribution is 7.99. The SMILES string of the molecule is CCSc1cccc(OC2CCOC2)c1/C(N)=N/O. The van der Waals surface area contributed by atoms with Crippen LogP contribution >= 0.6 is 11.8 Å². The molecule has 1 aromatic carbocycles. The fraction of sp³-hybridized carbons (Fsp3) is 0.462. The zero-order valence-electron chi connectivity index (χ0n) is 10.8. The van der Waals surface area contributed by atoms with Crippen LogP contribution < -0.4 is 10.5 Å². The second-order valence-electron chi connectivity index (χ2n) is 4.15. The van der Waals surface area contributed by atoms with E-state index in [1.807, 2.05) is 18.2 Å². The van der Waals surface area contributed by atoms with Gasteiger partial charge in [-0.05, 0) is 17.9 Å². The van der Waals surface area contributed by atoms with Gasteiger partial charge >= 0.3 is 0 Å². The zero-order valence-corrected chi connectivity index (χ0v) is 11.7. The molecule has 1 aromatic rings. The molecule has 1 atom stereocenters. The Morgan fingerprint density at radius 3 is 3.11 bits per heavy atom. The molecule has 1 heterocycles. The second kappa shape index (κ2) is 6.68. The van der Waals surface area contributed by atoms with E-state index in [-0.39, 0.29) is 11.9 Å². The minimum absolute atomic E-state index is 0.0344. The number of nitrogens with zero attached hydrogens (tertiary/aromatic N) is 1. The van der Waals surface area contributed by atoms with Crippen molar-refractivity contribution in [1.29, 1.82) is 0 Å². The third-order valence-electron chi connectivity index (χ3n) is 2.83. The van der Waals surface area contributed by atoms with Gasteiger partial charge in [0.15, 0.2) is 5.84 Å². The van der Waals surface area contributed by atoms with Crippen LogP contribution in [0.15, 0.2) is 28.3 Å². The summed E-state index contributed by atoms with van der Waals surface area (Å²) in [6, 6.07) is 5.70. The number of hydrogen-bond donors (Lipinski definition) is 2. The first-order valence-corrected chi connectivity index (χ1v) is 7.23. The summed E-state index contributed by atoms with van der Waals surface area (Å²) in [5.74, 6) is 1.62. The largest absolute Gasteiger partial charge is 0.487 e. The van der Waals surface area contributed by atoms with E-state index in [2.05, 4.69) is 12.1 Å². The predicted molar refractivity (Wildman–Crippen MR) is 75.2 cm³/mol. The maximum absolute atomic E-state index is 8.94. The van der Waals surface area contributed by atoms with Crippen LogP contribution in [0.2, 0.25) is 0 Å². The van der Waals surface area contributed by atoms with E-state index in [0.717, 1.165) is 17.1 Å². The van der Waals surface area contributed by atoms with E-state index in [4.69, 9.17) is 20.4 Å². The summed E-state index contributed by atoms with van der Waals surface area (Å²) in [7, 11) is 0. The van der Waals surface area contributed by atoms with Crippen molar-refractivity contribution in [3.8, 4) is 5.75 Å². The first-order chi connectivity index (χ1) is 9.26. The summed E-state index contributed by atoms with van der Waals surface area (Å²) in [4.78, 5) is 0.953. The molecule has 5 nitrogen and oxygen atoms in total. The summed E-state index contributed by atoms with van der Waals surface area (Å²) in [6.07, 6.45) is 0.896. The highest BCUT2D eigenvalue weighted by Crippen LogP contribution is 2.31. The van der Waals surface area contributed by atoms with Crippen LogP contribution in [0, 0.1) is 0 Å². The Morgan fingerprint density at radius 2 is 2.47 bits per heavy atom. The molecular formula is C13H18N2O3S. The van der Waals surface area contributed by atoms with Crippen LogP contribution in [0.25, 0.3) is 0 Å². The lowest BCUT2D eigenvalue weighted by molar-refractivity contribution is 0.141. The summed E-state index contributed by atoms with van der Waals surface area (Å²) < 4.78 is 11.2. The van der Waals surface area contributed by atoms with Crippen molar-refractivity contribution in [1.82, 2.24) is 0 Å². The Hall–Kier alpha value is -1.40. The molecule has 0 aliphatic carbocycles. The van der Waals surface area contributed by atoms with Gasteiger partial charge in [-0.1, -0.05) is 18.1 Å². The van der Waals surface area contributed by atoms with Crippen molar-refractivity contribution < 1.29 is 14.7 Å². The van der Waals surface area contributed by atoms with E-state index in [0.29, 0.717) is 24.5 Å². The van der Waals surface area contributed by atoms with E-state index in [1.54, 1.807) is 11.8 Å². The summed E-state index contributed by atoms with van der Waals surface area (Å²) in [5, 5.41) is 12.0. The van der Waals surface area contributed by atoms with Gasteiger partial charge in [0, 0.05) is 11.3 Å². The number of hydrogen-bond acceptors (Lipinski definition) is 5. The monoisotopic (exact) mass is 282 g/mol. The zero-order chi connectivity index (χ0) is 13.7. The minimum atomic E-state index is 0.0344. The fourth-order valence-electron chi connectivity index (χ4n) is 1.97. The van der Waals surface area contributed by atoms with E-state index in [9.17, 15) is 0 Å². The van der Waals surface area contributed by atoms with E-state index < -0.39 is 0 Å². The van der Waals surface area contributed by atoms with E-state index >= 15 is 0 Å². The van der Waals surface area contributed by atoms with Gasteiger partial charge in [0.05, 0.1) is 18.8 Å². The smallest absolute Gasteiger partial charge is 0.174 e. The normalized spacial score (nSPS) is 19.6. The Bertz CT molecular complexity index is 459. The molecule has 0 amide bonds. The lowest BCUT2D eigenvalue weighted by atomic mass is 10.1. The molecule has 0 spiro atoms. The number of oxime groups is 1. The first-order valence-electron chi connectivity index (χ1n) is 6.24. The van der Waals surface area contributed by atoms with Gasteiger partial charge < -0.3 is 20.4 Å². The fourth-order valence-corrected chi connectivity index (χ4v) is 2.81. The number of amidine groups is 1. The molecule has 0 radical (unpaired) electrons. The first kappa shape index (κ1) is 14.0. The molecule has 1 unspecified atom stereocenters. The number of rotatable bonds is 5. The Balaban J connectivity index is 2.32. The molecule has 104 valence electrons. The average Bonchev–Trinajstić information content (AvgIpc) is 2.91. The maximum atomic E-state index is 8.94. The van der Waals surface area contributed by atoms with Gasteiger partial charge in [0.25, 0.3) is 0 Å². The van der Waals surface area contributed by atoms with Gasteiger partial charge in [0.1, 0.15) is 11.9 Å². The third kappa shape index (κ3) is 3.33. The molecule has 0 saturated carbocycles. The number of thioether (sulfide) groups is 1. The van der Waals surface area contributed by atoms with Gasteiger partial charge in [-0.15, -0.1) is 11.8 Å². The molecule has 0 bridgehead atoms. The quantitative estimate of drug-likeness (QED) is 0.284. The van der Waals surface area contributed by atoms with Crippen LogP contribution in [0.3, 0.4) is 0 Å². The van der Waals surface area contributed by atoms with E-state index in [1.165, 1.54) is 0 Å². The lowest BCUT2D eigenvalue weighted by Crippen LogP contribution is -2.21. The summed E-state index contributed by atoms with van der Waals surface area (Å²) >= 11 is 1.63. The standard InChI is InChI=1S/C13H18N2O3S/c1-2-19-11-5-3-4-10(12(11)13(14)15-16)18-9-6-7-17-8-9/h3-5,9,16H,2,6-8H2,1H3,(H2,14,15). The van der Waals surface area contributed by atoms with Crippen molar-refractivity contribution in [2.75, 3.05) is 19.0 Å². The molecule has 19 heavy (non-hydrogen) atoms. The molecule has 1 saturated heterocycles. The predicted octanol–water partition coefficient (Wildman–Crippen LogP) is 2.06. The molecule has 3 N–H and O–H groups in total. The van der Waals surface area contributed by atoms with Crippen LogP contribution in [0.1, 0.15) is 18.9 Å². The summed E-state index contributed by atoms with van der Waals surface area (Å²) in [6.45, 7) is 3.35. The molecule has 1 aliphatic rings. The summed E-state index contributed by atoms with van der Waals surface area (Å²) in [5.41, 5.74) is 6.43. The van der Waals surface area contributed by atoms with Gasteiger partial charge in [-0.25, -0.2) is 0 Å². The topological polar surface area (TPSA) is 77.1 Å². The molecule has 6 heteroatoms. The minimum Gasteiger partial charge on any atom is -0.487 e. The number of nitrogens with two attached hydrogens (primary N) is 1.